The van der Waals surface area contributed by atoms with Gasteiger partial charge in [-0.05, 0) is 24.6 Å². The molecule has 1 saturated heterocycles. The van der Waals surface area contributed by atoms with E-state index in [4.69, 9.17) is 4.74 Å². The molecule has 30 heavy (non-hydrogen) atoms. The maximum absolute atomic E-state index is 12.5. The van der Waals surface area contributed by atoms with Gasteiger partial charge in [-0.15, -0.1) is 0 Å². The SMILES string of the molecule is CC1CN(c2ccc(CNC(=O)c3cc([N+](=O)[O-])cc(S(C)(=O)=O)c3)cn2)CCO1. The van der Waals surface area contributed by atoms with E-state index in [0.29, 0.717) is 6.61 Å². The lowest BCUT2D eigenvalue weighted by molar-refractivity contribution is -0.385. The fourth-order valence-electron chi connectivity index (χ4n) is 3.05. The van der Waals surface area contributed by atoms with Gasteiger partial charge in [0.05, 0.1) is 22.5 Å². The standard InChI is InChI=1S/C19H22N4O6S/c1-13-12-22(5-6-29-13)18-4-3-14(10-20-18)11-21-19(24)15-7-16(23(25)26)9-17(8-15)30(2,27)28/h3-4,7-10,13H,5-6,11-12H2,1-2H3,(H,21,24). The first-order valence-corrected chi connectivity index (χ1v) is 11.1. The third-order valence-electron chi connectivity index (χ3n) is 4.62. The molecule has 1 atom stereocenters. The molecule has 11 heteroatoms. The summed E-state index contributed by atoms with van der Waals surface area (Å²) in [6, 6.07) is 6.79. The van der Waals surface area contributed by atoms with Crippen LogP contribution in [0, 0.1) is 10.1 Å². The van der Waals surface area contributed by atoms with Crippen LogP contribution in [0.4, 0.5) is 11.5 Å². The maximum Gasteiger partial charge on any atom is 0.271 e. The quantitative estimate of drug-likeness (QED) is 0.535. The molecule has 0 radical (unpaired) electrons. The molecule has 1 aliphatic heterocycles. The highest BCUT2D eigenvalue weighted by Gasteiger charge is 2.20. The number of benzene rings is 1. The number of nitrogens with zero attached hydrogens (tertiary/aromatic N) is 3. The molecule has 0 saturated carbocycles. The Balaban J connectivity index is 1.69. The second-order valence-electron chi connectivity index (χ2n) is 7.08. The second kappa shape index (κ2) is 8.76. The van der Waals surface area contributed by atoms with E-state index in [0.717, 1.165) is 48.9 Å². The largest absolute Gasteiger partial charge is 0.375 e. The van der Waals surface area contributed by atoms with Crippen molar-refractivity contribution in [3.63, 3.8) is 0 Å². The first-order chi connectivity index (χ1) is 14.1. The number of hydrogen-bond acceptors (Lipinski definition) is 8. The summed E-state index contributed by atoms with van der Waals surface area (Å²) in [6.07, 6.45) is 2.70. The fourth-order valence-corrected chi connectivity index (χ4v) is 3.73. The van der Waals surface area contributed by atoms with Crippen LogP contribution in [0.2, 0.25) is 0 Å². The van der Waals surface area contributed by atoms with Gasteiger partial charge in [-0.3, -0.25) is 14.9 Å². The van der Waals surface area contributed by atoms with Gasteiger partial charge >= 0.3 is 0 Å². The smallest absolute Gasteiger partial charge is 0.271 e. The van der Waals surface area contributed by atoms with Gasteiger partial charge in [0.15, 0.2) is 9.84 Å². The van der Waals surface area contributed by atoms with Gasteiger partial charge in [0.2, 0.25) is 0 Å². The van der Waals surface area contributed by atoms with Crippen molar-refractivity contribution in [3.05, 3.63) is 57.8 Å². The molecule has 2 aromatic rings. The normalized spacial score (nSPS) is 16.9. The lowest BCUT2D eigenvalue weighted by Crippen LogP contribution is -2.41. The van der Waals surface area contributed by atoms with Crippen LogP contribution in [-0.4, -0.2) is 56.3 Å². The number of amides is 1. The monoisotopic (exact) mass is 434 g/mol. The summed E-state index contributed by atoms with van der Waals surface area (Å²) in [5, 5.41) is 13.7. The highest BCUT2D eigenvalue weighted by Crippen LogP contribution is 2.21. The van der Waals surface area contributed by atoms with E-state index < -0.39 is 26.4 Å². The Hall–Kier alpha value is -3.05. The van der Waals surface area contributed by atoms with Gasteiger partial charge in [0.1, 0.15) is 5.82 Å². The van der Waals surface area contributed by atoms with Crippen LogP contribution >= 0.6 is 0 Å². The highest BCUT2D eigenvalue weighted by molar-refractivity contribution is 7.90. The highest BCUT2D eigenvalue weighted by atomic mass is 32.2. The molecule has 1 amide bonds. The molecule has 160 valence electrons. The molecule has 10 nitrogen and oxygen atoms in total. The number of pyridine rings is 1. The molecule has 1 aromatic heterocycles. The number of non-ortho nitro benzene ring substituents is 1. The molecule has 0 spiro atoms. The van der Waals surface area contributed by atoms with E-state index in [1.807, 2.05) is 19.1 Å². The van der Waals surface area contributed by atoms with Crippen LogP contribution in [0.5, 0.6) is 0 Å². The molecule has 2 heterocycles. The minimum Gasteiger partial charge on any atom is -0.375 e. The van der Waals surface area contributed by atoms with E-state index in [1.54, 1.807) is 6.20 Å². The number of ether oxygens (including phenoxy) is 1. The summed E-state index contributed by atoms with van der Waals surface area (Å²) in [7, 11) is -3.71. The first-order valence-electron chi connectivity index (χ1n) is 9.22. The summed E-state index contributed by atoms with van der Waals surface area (Å²) in [4.78, 5) is 29.0. The third-order valence-corrected chi connectivity index (χ3v) is 5.71. The van der Waals surface area contributed by atoms with Gasteiger partial charge in [0.25, 0.3) is 11.6 Å². The van der Waals surface area contributed by atoms with Crippen molar-refractivity contribution in [2.75, 3.05) is 30.9 Å². The van der Waals surface area contributed by atoms with Crippen LogP contribution in [0.25, 0.3) is 0 Å². The Morgan fingerprint density at radius 3 is 2.73 bits per heavy atom. The molecule has 0 aliphatic carbocycles. The zero-order valence-electron chi connectivity index (χ0n) is 16.6. The Morgan fingerprint density at radius 1 is 1.37 bits per heavy atom. The second-order valence-corrected chi connectivity index (χ2v) is 9.10. The topological polar surface area (TPSA) is 132 Å². The fraction of sp³-hybridized carbons (Fsp3) is 0.368. The predicted octanol–water partition coefficient (Wildman–Crippen LogP) is 1.55. The summed E-state index contributed by atoms with van der Waals surface area (Å²) >= 11 is 0. The number of nitrogens with one attached hydrogen (secondary N) is 1. The van der Waals surface area contributed by atoms with E-state index >= 15 is 0 Å². The Labute approximate surface area is 173 Å². The van der Waals surface area contributed by atoms with Crippen LogP contribution in [-0.2, 0) is 21.1 Å². The maximum atomic E-state index is 12.5. The Bertz CT molecular complexity index is 1060. The summed E-state index contributed by atoms with van der Waals surface area (Å²) < 4.78 is 29.1. The van der Waals surface area contributed by atoms with Crippen molar-refractivity contribution in [3.8, 4) is 0 Å². The predicted molar refractivity (Wildman–Crippen MR) is 109 cm³/mol. The van der Waals surface area contributed by atoms with Crippen molar-refractivity contribution in [1.82, 2.24) is 10.3 Å². The number of morpholine rings is 1. The number of hydrogen-bond donors (Lipinski definition) is 1. The third kappa shape index (κ3) is 5.30. The number of aromatic nitrogens is 1. The molecule has 1 fully saturated rings. The van der Waals surface area contributed by atoms with Gasteiger partial charge in [-0.2, -0.15) is 0 Å². The number of carbonyl (C=O) groups excluding carboxylic acids is 1. The van der Waals surface area contributed by atoms with E-state index in [9.17, 15) is 23.3 Å². The lowest BCUT2D eigenvalue weighted by Gasteiger charge is -2.32. The number of nitro groups is 1. The molecular weight excluding hydrogens is 412 g/mol. The minimum atomic E-state index is -3.71. The zero-order valence-corrected chi connectivity index (χ0v) is 17.4. The van der Waals surface area contributed by atoms with Crippen molar-refractivity contribution >= 4 is 27.2 Å². The lowest BCUT2D eigenvalue weighted by atomic mass is 10.2. The van der Waals surface area contributed by atoms with Crippen LogP contribution < -0.4 is 10.2 Å². The van der Waals surface area contributed by atoms with Crippen molar-refractivity contribution in [1.29, 1.82) is 0 Å². The number of nitro benzene ring substituents is 1. The number of rotatable bonds is 6. The van der Waals surface area contributed by atoms with Gasteiger partial charge < -0.3 is 15.0 Å². The van der Waals surface area contributed by atoms with Crippen LogP contribution in [0.1, 0.15) is 22.8 Å². The average Bonchev–Trinajstić information content (AvgIpc) is 2.71. The van der Waals surface area contributed by atoms with Crippen molar-refractivity contribution in [2.24, 2.45) is 0 Å². The summed E-state index contributed by atoms with van der Waals surface area (Å²) in [6.45, 7) is 4.28. The average molecular weight is 434 g/mol. The van der Waals surface area contributed by atoms with Gasteiger partial charge in [-0.25, -0.2) is 13.4 Å². The summed E-state index contributed by atoms with van der Waals surface area (Å²) in [5.41, 5.74) is 0.174. The van der Waals surface area contributed by atoms with Crippen molar-refractivity contribution in [2.45, 2.75) is 24.5 Å². The molecule has 1 aliphatic rings. The van der Waals surface area contributed by atoms with Crippen LogP contribution in [0.3, 0.4) is 0 Å². The molecule has 1 N–H and O–H groups in total. The number of carbonyl (C=O) groups is 1. The van der Waals surface area contributed by atoms with Gasteiger partial charge in [-0.1, -0.05) is 6.07 Å². The zero-order chi connectivity index (χ0) is 21.9. The van der Waals surface area contributed by atoms with E-state index in [1.165, 1.54) is 0 Å². The first kappa shape index (κ1) is 21.7. The Morgan fingerprint density at radius 2 is 2.13 bits per heavy atom. The number of sulfone groups is 1. The van der Waals surface area contributed by atoms with E-state index in [-0.39, 0.29) is 23.1 Å². The van der Waals surface area contributed by atoms with Gasteiger partial charge in [0, 0.05) is 49.8 Å². The van der Waals surface area contributed by atoms with Crippen molar-refractivity contribution < 1.29 is 22.9 Å². The number of anilines is 1. The van der Waals surface area contributed by atoms with Crippen LogP contribution in [0.15, 0.2) is 41.4 Å². The molecule has 1 unspecified atom stereocenters. The molecule has 3 rings (SSSR count). The minimum absolute atomic E-state index is 0.100. The molecule has 0 bridgehead atoms. The Kier molecular flexibility index (Phi) is 6.32. The molecule has 1 aromatic carbocycles. The van der Waals surface area contributed by atoms with E-state index in [2.05, 4.69) is 15.2 Å². The summed E-state index contributed by atoms with van der Waals surface area (Å²) in [5.74, 6) is 0.200. The molecular formula is C19H22N4O6S.